The first-order valence-electron chi connectivity index (χ1n) is 8.53. The lowest BCUT2D eigenvalue weighted by atomic mass is 9.93. The Kier molecular flexibility index (Phi) is 4.72. The molecule has 0 bridgehead atoms. The number of piperidine rings is 1. The largest absolute Gasteiger partial charge is 0.306 e. The summed E-state index contributed by atoms with van der Waals surface area (Å²) in [5.41, 5.74) is 3.04. The van der Waals surface area contributed by atoms with Gasteiger partial charge in [0.2, 0.25) is 0 Å². The van der Waals surface area contributed by atoms with E-state index in [1.807, 2.05) is 12.1 Å². The number of H-pyrrole nitrogens is 1. The Bertz CT molecular complexity index is 868. The first-order valence-corrected chi connectivity index (χ1v) is 9.47. The summed E-state index contributed by atoms with van der Waals surface area (Å²) in [5, 5.41) is 4.34. The van der Waals surface area contributed by atoms with Gasteiger partial charge in [0, 0.05) is 36.5 Å². The maximum atomic E-state index is 12.1. The van der Waals surface area contributed by atoms with Crippen LogP contribution in [0.25, 0.3) is 11.4 Å². The molecule has 0 spiro atoms. The fraction of sp³-hybridized carbons (Fsp3) is 0.316. The molecular weight excluding hydrogens is 332 g/mol. The van der Waals surface area contributed by atoms with Gasteiger partial charge in [0.15, 0.2) is 0 Å². The molecule has 4 rings (SSSR count). The van der Waals surface area contributed by atoms with Gasteiger partial charge < -0.3 is 4.98 Å². The zero-order valence-corrected chi connectivity index (χ0v) is 14.7. The molecule has 3 aromatic rings. The SMILES string of the molecule is O=c1cc(C2CCN(Cc3ccsc3)CC2)nc(-c2cccnc2)[nH]1. The first-order chi connectivity index (χ1) is 12.3. The van der Waals surface area contributed by atoms with Crippen LogP contribution in [0, 0.1) is 0 Å². The van der Waals surface area contributed by atoms with E-state index in [2.05, 4.69) is 31.7 Å². The van der Waals surface area contributed by atoms with Crippen molar-refractivity contribution in [1.82, 2.24) is 19.9 Å². The molecule has 0 atom stereocenters. The number of hydrogen-bond acceptors (Lipinski definition) is 5. The standard InChI is InChI=1S/C19H20N4OS/c24-18-10-17(21-19(22-18)16-2-1-6-20-11-16)15-3-7-23(8-4-15)12-14-5-9-25-13-14/h1-2,5-6,9-11,13,15H,3-4,7-8,12H2,(H,21,22,24). The number of nitrogens with one attached hydrogen (secondary N) is 1. The number of rotatable bonds is 4. The van der Waals surface area contributed by atoms with Crippen molar-refractivity contribution >= 4 is 11.3 Å². The molecule has 1 fully saturated rings. The van der Waals surface area contributed by atoms with E-state index < -0.39 is 0 Å². The molecule has 0 unspecified atom stereocenters. The predicted octanol–water partition coefficient (Wildman–Crippen LogP) is 3.27. The van der Waals surface area contributed by atoms with Gasteiger partial charge in [-0.05, 0) is 60.5 Å². The van der Waals surface area contributed by atoms with Gasteiger partial charge >= 0.3 is 0 Å². The predicted molar refractivity (Wildman–Crippen MR) is 99.7 cm³/mol. The molecule has 4 heterocycles. The summed E-state index contributed by atoms with van der Waals surface area (Å²) in [7, 11) is 0. The minimum Gasteiger partial charge on any atom is -0.306 e. The maximum absolute atomic E-state index is 12.1. The van der Waals surface area contributed by atoms with Gasteiger partial charge in [-0.15, -0.1) is 0 Å². The molecule has 1 aliphatic heterocycles. The molecule has 1 saturated heterocycles. The van der Waals surface area contributed by atoms with E-state index in [1.165, 1.54) is 5.56 Å². The summed E-state index contributed by atoms with van der Waals surface area (Å²) in [6, 6.07) is 7.61. The van der Waals surface area contributed by atoms with Gasteiger partial charge in [-0.2, -0.15) is 11.3 Å². The molecule has 5 nitrogen and oxygen atoms in total. The molecule has 25 heavy (non-hydrogen) atoms. The molecule has 0 amide bonds. The number of thiophene rings is 1. The third-order valence-corrected chi connectivity index (χ3v) is 5.42. The van der Waals surface area contributed by atoms with Crippen LogP contribution in [-0.2, 0) is 6.54 Å². The topological polar surface area (TPSA) is 61.9 Å². The summed E-state index contributed by atoms with van der Waals surface area (Å²) >= 11 is 1.75. The summed E-state index contributed by atoms with van der Waals surface area (Å²) in [4.78, 5) is 26.2. The second kappa shape index (κ2) is 7.29. The van der Waals surface area contributed by atoms with E-state index in [-0.39, 0.29) is 5.56 Å². The monoisotopic (exact) mass is 352 g/mol. The van der Waals surface area contributed by atoms with Gasteiger partial charge in [-0.3, -0.25) is 14.7 Å². The molecule has 0 aliphatic carbocycles. The van der Waals surface area contributed by atoms with Gasteiger partial charge in [0.05, 0.1) is 5.69 Å². The first kappa shape index (κ1) is 16.2. The van der Waals surface area contributed by atoms with E-state index in [1.54, 1.807) is 29.8 Å². The molecule has 1 aliphatic rings. The van der Waals surface area contributed by atoms with Crippen molar-refractivity contribution in [2.45, 2.75) is 25.3 Å². The molecule has 1 N–H and O–H groups in total. The van der Waals surface area contributed by atoms with Gasteiger partial charge in [0.1, 0.15) is 5.82 Å². The van der Waals surface area contributed by atoms with Crippen molar-refractivity contribution in [3.8, 4) is 11.4 Å². The zero-order chi connectivity index (χ0) is 17.1. The van der Waals surface area contributed by atoms with Crippen LogP contribution in [0.1, 0.15) is 30.0 Å². The van der Waals surface area contributed by atoms with Crippen molar-refractivity contribution in [3.05, 3.63) is 69.0 Å². The highest BCUT2D eigenvalue weighted by atomic mass is 32.1. The quantitative estimate of drug-likeness (QED) is 0.783. The molecule has 0 saturated carbocycles. The van der Waals surface area contributed by atoms with E-state index in [9.17, 15) is 4.79 Å². The normalized spacial score (nSPS) is 16.2. The lowest BCUT2D eigenvalue weighted by Crippen LogP contribution is -2.33. The van der Waals surface area contributed by atoms with Crippen molar-refractivity contribution < 1.29 is 0 Å². The summed E-state index contributed by atoms with van der Waals surface area (Å²) in [6.07, 6.45) is 5.51. The van der Waals surface area contributed by atoms with Crippen LogP contribution in [0.3, 0.4) is 0 Å². The third-order valence-electron chi connectivity index (χ3n) is 4.69. The van der Waals surface area contributed by atoms with Gasteiger partial charge in [-0.1, -0.05) is 0 Å². The Morgan fingerprint density at radius 3 is 2.88 bits per heavy atom. The zero-order valence-electron chi connectivity index (χ0n) is 13.9. The number of aromatic nitrogens is 3. The Morgan fingerprint density at radius 2 is 2.16 bits per heavy atom. The Morgan fingerprint density at radius 1 is 1.28 bits per heavy atom. The number of nitrogens with zero attached hydrogens (tertiary/aromatic N) is 3. The molecule has 0 aromatic carbocycles. The van der Waals surface area contributed by atoms with Crippen LogP contribution in [0.15, 0.2) is 52.2 Å². The van der Waals surface area contributed by atoms with Crippen LogP contribution in [-0.4, -0.2) is 32.9 Å². The highest BCUT2D eigenvalue weighted by Crippen LogP contribution is 2.28. The smallest absolute Gasteiger partial charge is 0.251 e. The van der Waals surface area contributed by atoms with Crippen molar-refractivity contribution in [2.75, 3.05) is 13.1 Å². The summed E-state index contributed by atoms with van der Waals surface area (Å²) < 4.78 is 0. The van der Waals surface area contributed by atoms with Crippen LogP contribution >= 0.6 is 11.3 Å². The summed E-state index contributed by atoms with van der Waals surface area (Å²) in [6.45, 7) is 3.09. The van der Waals surface area contributed by atoms with Crippen molar-refractivity contribution in [3.63, 3.8) is 0 Å². The van der Waals surface area contributed by atoms with E-state index >= 15 is 0 Å². The van der Waals surface area contributed by atoms with Crippen LogP contribution in [0.4, 0.5) is 0 Å². The molecule has 0 radical (unpaired) electrons. The van der Waals surface area contributed by atoms with E-state index in [0.717, 1.165) is 43.7 Å². The van der Waals surface area contributed by atoms with Crippen molar-refractivity contribution in [1.29, 1.82) is 0 Å². The summed E-state index contributed by atoms with van der Waals surface area (Å²) in [5.74, 6) is 0.952. The van der Waals surface area contributed by atoms with Gasteiger partial charge in [-0.25, -0.2) is 4.98 Å². The number of hydrogen-bond donors (Lipinski definition) is 1. The molecule has 3 aromatic heterocycles. The Hall–Kier alpha value is -2.31. The van der Waals surface area contributed by atoms with Crippen molar-refractivity contribution in [2.24, 2.45) is 0 Å². The third kappa shape index (κ3) is 3.86. The molecule has 128 valence electrons. The maximum Gasteiger partial charge on any atom is 0.251 e. The van der Waals surface area contributed by atoms with Gasteiger partial charge in [0.25, 0.3) is 5.56 Å². The Labute approximate surface area is 150 Å². The van der Waals surface area contributed by atoms with Crippen LogP contribution in [0.5, 0.6) is 0 Å². The Balaban J connectivity index is 1.48. The average Bonchev–Trinajstić information content (AvgIpc) is 3.16. The second-order valence-electron chi connectivity index (χ2n) is 6.44. The highest BCUT2D eigenvalue weighted by molar-refractivity contribution is 7.07. The average molecular weight is 352 g/mol. The van der Waals surface area contributed by atoms with E-state index in [4.69, 9.17) is 4.98 Å². The lowest BCUT2D eigenvalue weighted by Gasteiger charge is -2.31. The number of pyridine rings is 1. The number of aromatic amines is 1. The second-order valence-corrected chi connectivity index (χ2v) is 7.22. The fourth-order valence-corrected chi connectivity index (χ4v) is 4.01. The lowest BCUT2D eigenvalue weighted by molar-refractivity contribution is 0.203. The fourth-order valence-electron chi connectivity index (χ4n) is 3.35. The van der Waals surface area contributed by atoms with Crippen LogP contribution in [0.2, 0.25) is 0 Å². The highest BCUT2D eigenvalue weighted by Gasteiger charge is 2.22. The minimum absolute atomic E-state index is 0.0930. The minimum atomic E-state index is -0.0930. The molecule has 6 heteroatoms. The van der Waals surface area contributed by atoms with Crippen LogP contribution < -0.4 is 5.56 Å². The van der Waals surface area contributed by atoms with E-state index in [0.29, 0.717) is 11.7 Å². The molecular formula is C19H20N4OS. The number of likely N-dealkylation sites (tertiary alicyclic amines) is 1.